The predicted molar refractivity (Wildman–Crippen MR) is 52.2 cm³/mol. The molecular weight excluding hydrogens is 186 g/mol. The molecule has 0 aliphatic carbocycles. The minimum atomic E-state index is 0.610. The van der Waals surface area contributed by atoms with Gasteiger partial charge in [0.25, 0.3) is 0 Å². The Morgan fingerprint density at radius 3 is 2.69 bits per heavy atom. The van der Waals surface area contributed by atoms with Crippen molar-refractivity contribution in [3.05, 3.63) is 28.2 Å². The molecule has 0 spiro atoms. The van der Waals surface area contributed by atoms with Crippen molar-refractivity contribution in [2.45, 2.75) is 20.8 Å². The van der Waals surface area contributed by atoms with Crippen molar-refractivity contribution in [3.8, 4) is 0 Å². The SMILES string of the molecule is Cc1cc(Cl)n2nc(C)c(C)c2n1. The summed E-state index contributed by atoms with van der Waals surface area (Å²) in [4.78, 5) is 4.37. The quantitative estimate of drug-likeness (QED) is 0.604. The molecule has 0 N–H and O–H groups in total. The molecule has 0 unspecified atom stereocenters. The van der Waals surface area contributed by atoms with Crippen molar-refractivity contribution < 1.29 is 0 Å². The van der Waals surface area contributed by atoms with Crippen LogP contribution in [0.1, 0.15) is 17.0 Å². The van der Waals surface area contributed by atoms with Crippen LogP contribution in [0.2, 0.25) is 5.15 Å². The van der Waals surface area contributed by atoms with Crippen molar-refractivity contribution >= 4 is 17.2 Å². The van der Waals surface area contributed by atoms with Gasteiger partial charge in [0.05, 0.1) is 5.69 Å². The van der Waals surface area contributed by atoms with Gasteiger partial charge in [0.2, 0.25) is 0 Å². The summed E-state index contributed by atoms with van der Waals surface area (Å²) < 4.78 is 1.67. The van der Waals surface area contributed by atoms with Gasteiger partial charge in [-0.3, -0.25) is 0 Å². The van der Waals surface area contributed by atoms with Crippen LogP contribution in [0.4, 0.5) is 0 Å². The maximum Gasteiger partial charge on any atom is 0.160 e. The molecule has 0 saturated carbocycles. The molecule has 2 rings (SSSR count). The molecule has 0 bridgehead atoms. The second-order valence-corrected chi connectivity index (χ2v) is 3.55. The van der Waals surface area contributed by atoms with Crippen LogP contribution in [0.3, 0.4) is 0 Å². The van der Waals surface area contributed by atoms with Crippen LogP contribution in [0.25, 0.3) is 5.65 Å². The molecule has 0 radical (unpaired) electrons. The summed E-state index contributed by atoms with van der Waals surface area (Å²) in [5.74, 6) is 0. The van der Waals surface area contributed by atoms with E-state index in [9.17, 15) is 0 Å². The van der Waals surface area contributed by atoms with E-state index < -0.39 is 0 Å². The van der Waals surface area contributed by atoms with Gasteiger partial charge < -0.3 is 0 Å². The van der Waals surface area contributed by atoms with Crippen LogP contribution in [0, 0.1) is 20.8 Å². The number of fused-ring (bicyclic) bond motifs is 1. The van der Waals surface area contributed by atoms with Gasteiger partial charge in [0.1, 0.15) is 5.15 Å². The Bertz CT molecular complexity index is 473. The largest absolute Gasteiger partial charge is 0.233 e. The van der Waals surface area contributed by atoms with Gasteiger partial charge in [-0.05, 0) is 26.8 Å². The second kappa shape index (κ2) is 2.70. The van der Waals surface area contributed by atoms with Crippen LogP contribution in [-0.2, 0) is 0 Å². The van der Waals surface area contributed by atoms with Crippen LogP contribution < -0.4 is 0 Å². The third-order valence-electron chi connectivity index (χ3n) is 2.14. The molecule has 68 valence electrons. The van der Waals surface area contributed by atoms with Crippen molar-refractivity contribution in [3.63, 3.8) is 0 Å². The van der Waals surface area contributed by atoms with E-state index in [1.54, 1.807) is 10.6 Å². The zero-order valence-electron chi connectivity index (χ0n) is 7.80. The van der Waals surface area contributed by atoms with Gasteiger partial charge in [-0.2, -0.15) is 5.10 Å². The predicted octanol–water partition coefficient (Wildman–Crippen LogP) is 2.31. The fraction of sp³-hybridized carbons (Fsp3) is 0.333. The first-order valence-electron chi connectivity index (χ1n) is 4.08. The third kappa shape index (κ3) is 1.20. The van der Waals surface area contributed by atoms with E-state index in [0.29, 0.717) is 5.15 Å². The smallest absolute Gasteiger partial charge is 0.160 e. The minimum absolute atomic E-state index is 0.610. The molecule has 0 atom stereocenters. The topological polar surface area (TPSA) is 30.2 Å². The molecule has 0 aliphatic rings. The second-order valence-electron chi connectivity index (χ2n) is 3.17. The maximum absolute atomic E-state index is 6.01. The lowest BCUT2D eigenvalue weighted by molar-refractivity contribution is 0.910. The number of halogens is 1. The normalized spacial score (nSPS) is 11.1. The Morgan fingerprint density at radius 2 is 2.00 bits per heavy atom. The summed E-state index contributed by atoms with van der Waals surface area (Å²) in [6.45, 7) is 5.88. The zero-order valence-corrected chi connectivity index (χ0v) is 8.55. The third-order valence-corrected chi connectivity index (χ3v) is 2.41. The first kappa shape index (κ1) is 8.51. The van der Waals surface area contributed by atoms with E-state index in [2.05, 4.69) is 10.1 Å². The van der Waals surface area contributed by atoms with Crippen molar-refractivity contribution in [2.24, 2.45) is 0 Å². The van der Waals surface area contributed by atoms with Crippen LogP contribution in [0.5, 0.6) is 0 Å². The molecule has 2 heterocycles. The molecule has 2 aromatic heterocycles. The minimum Gasteiger partial charge on any atom is -0.233 e. The lowest BCUT2D eigenvalue weighted by Crippen LogP contribution is -1.94. The summed E-state index contributed by atoms with van der Waals surface area (Å²) >= 11 is 6.01. The molecule has 0 amide bonds. The number of aromatic nitrogens is 3. The molecule has 3 nitrogen and oxygen atoms in total. The van der Waals surface area contributed by atoms with Crippen molar-refractivity contribution in [2.75, 3.05) is 0 Å². The molecule has 0 aromatic carbocycles. The first-order valence-corrected chi connectivity index (χ1v) is 4.46. The first-order chi connectivity index (χ1) is 6.09. The van der Waals surface area contributed by atoms with Crippen molar-refractivity contribution in [1.29, 1.82) is 0 Å². The molecule has 13 heavy (non-hydrogen) atoms. The highest BCUT2D eigenvalue weighted by Gasteiger charge is 2.08. The van der Waals surface area contributed by atoms with E-state index in [0.717, 1.165) is 22.6 Å². The van der Waals surface area contributed by atoms with Crippen LogP contribution >= 0.6 is 11.6 Å². The molecular formula is C9H10ClN3. The molecule has 0 saturated heterocycles. The number of hydrogen-bond donors (Lipinski definition) is 0. The van der Waals surface area contributed by atoms with E-state index in [1.165, 1.54) is 0 Å². The highest BCUT2D eigenvalue weighted by Crippen LogP contribution is 2.17. The molecule has 0 fully saturated rings. The van der Waals surface area contributed by atoms with Gasteiger partial charge in [-0.15, -0.1) is 0 Å². The highest BCUT2D eigenvalue weighted by atomic mass is 35.5. The highest BCUT2D eigenvalue weighted by molar-refractivity contribution is 6.29. The van der Waals surface area contributed by atoms with Gasteiger partial charge in [0, 0.05) is 11.3 Å². The number of nitrogens with zero attached hydrogens (tertiary/aromatic N) is 3. The van der Waals surface area contributed by atoms with E-state index in [4.69, 9.17) is 11.6 Å². The van der Waals surface area contributed by atoms with Gasteiger partial charge >= 0.3 is 0 Å². The number of hydrogen-bond acceptors (Lipinski definition) is 2. The average molecular weight is 196 g/mol. The molecule has 4 heteroatoms. The number of rotatable bonds is 0. The van der Waals surface area contributed by atoms with E-state index in [-0.39, 0.29) is 0 Å². The summed E-state index contributed by atoms with van der Waals surface area (Å²) in [7, 11) is 0. The standard InChI is InChI=1S/C9H10ClN3/c1-5-4-8(10)13-9(11-5)6(2)7(3)12-13/h4H,1-3H3. The molecule has 0 aliphatic heterocycles. The lowest BCUT2D eigenvalue weighted by Gasteiger charge is -1.98. The Hall–Kier alpha value is -1.09. The maximum atomic E-state index is 6.01. The lowest BCUT2D eigenvalue weighted by atomic mass is 10.3. The van der Waals surface area contributed by atoms with Crippen molar-refractivity contribution in [1.82, 2.24) is 14.6 Å². The Morgan fingerprint density at radius 1 is 1.31 bits per heavy atom. The fourth-order valence-corrected chi connectivity index (χ4v) is 1.58. The monoisotopic (exact) mass is 195 g/mol. The summed E-state index contributed by atoms with van der Waals surface area (Å²) in [6, 6.07) is 1.81. The molecule has 2 aromatic rings. The average Bonchev–Trinajstić information content (AvgIpc) is 2.32. The zero-order chi connectivity index (χ0) is 9.59. The Labute approximate surface area is 81.4 Å². The Kier molecular flexibility index (Phi) is 1.77. The summed E-state index contributed by atoms with van der Waals surface area (Å²) in [5, 5.41) is 4.89. The summed E-state index contributed by atoms with van der Waals surface area (Å²) in [6.07, 6.45) is 0. The summed E-state index contributed by atoms with van der Waals surface area (Å²) in [5.41, 5.74) is 3.83. The Balaban J connectivity index is 2.94. The fourth-order valence-electron chi connectivity index (χ4n) is 1.31. The number of aryl methyl sites for hydroxylation is 3. The van der Waals surface area contributed by atoms with Crippen LogP contribution in [0.15, 0.2) is 6.07 Å². The van der Waals surface area contributed by atoms with Gasteiger partial charge in [0.15, 0.2) is 5.65 Å². The van der Waals surface area contributed by atoms with E-state index >= 15 is 0 Å². The van der Waals surface area contributed by atoms with Gasteiger partial charge in [-0.1, -0.05) is 11.6 Å². The van der Waals surface area contributed by atoms with E-state index in [1.807, 2.05) is 20.8 Å². The van der Waals surface area contributed by atoms with Crippen LogP contribution in [-0.4, -0.2) is 14.6 Å². The van der Waals surface area contributed by atoms with Gasteiger partial charge in [-0.25, -0.2) is 9.50 Å².